The quantitative estimate of drug-likeness (QED) is 0.568. The van der Waals surface area contributed by atoms with E-state index in [1.165, 1.54) is 6.42 Å². The molecular weight excluding hydrogens is 378 g/mol. The number of phenolic OH excluding ortho intramolecular Hbond substituents is 1. The summed E-state index contributed by atoms with van der Waals surface area (Å²) < 4.78 is 0. The van der Waals surface area contributed by atoms with Crippen LogP contribution >= 0.6 is 0 Å². The van der Waals surface area contributed by atoms with Crippen molar-refractivity contribution < 1.29 is 9.90 Å². The fourth-order valence-electron chi connectivity index (χ4n) is 4.47. The van der Waals surface area contributed by atoms with E-state index in [1.54, 1.807) is 12.1 Å². The summed E-state index contributed by atoms with van der Waals surface area (Å²) in [6.45, 7) is 13.7. The van der Waals surface area contributed by atoms with Gasteiger partial charge in [-0.2, -0.15) is 0 Å². The number of guanidine groups is 1. The molecule has 1 aromatic rings. The molecule has 0 aromatic heterocycles. The van der Waals surface area contributed by atoms with Crippen LogP contribution in [0.4, 0.5) is 0 Å². The number of likely N-dealkylation sites (tertiary alicyclic amines) is 1. The first-order valence-electron chi connectivity index (χ1n) is 11.3. The summed E-state index contributed by atoms with van der Waals surface area (Å²) in [4.78, 5) is 24.2. The molecule has 2 fully saturated rings. The molecule has 2 unspecified atom stereocenters. The molecule has 30 heavy (non-hydrogen) atoms. The molecule has 1 amide bonds. The molecule has 2 aliphatic rings. The molecule has 2 N–H and O–H groups in total. The van der Waals surface area contributed by atoms with Gasteiger partial charge in [0.05, 0.1) is 13.1 Å². The highest BCUT2D eigenvalue weighted by molar-refractivity contribution is 5.80. The number of carbonyl (C=O) groups excluding carboxylic acids is 1. The largest absolute Gasteiger partial charge is 0.508 e. The van der Waals surface area contributed by atoms with Gasteiger partial charge >= 0.3 is 0 Å². The van der Waals surface area contributed by atoms with E-state index in [1.807, 2.05) is 12.1 Å². The number of rotatable bonds is 5. The zero-order valence-electron chi connectivity index (χ0n) is 18.7. The van der Waals surface area contributed by atoms with E-state index in [0.717, 1.165) is 57.3 Å². The van der Waals surface area contributed by atoms with Crippen LogP contribution in [0.3, 0.4) is 0 Å². The van der Waals surface area contributed by atoms with Crippen molar-refractivity contribution in [2.45, 2.75) is 33.7 Å². The topological polar surface area (TPSA) is 71.4 Å². The van der Waals surface area contributed by atoms with E-state index in [0.29, 0.717) is 24.9 Å². The summed E-state index contributed by atoms with van der Waals surface area (Å²) >= 11 is 0. The maximum atomic E-state index is 12.8. The number of nitrogens with zero attached hydrogens (tertiary/aromatic N) is 4. The van der Waals surface area contributed by atoms with Gasteiger partial charge in [0.2, 0.25) is 5.91 Å². The maximum absolute atomic E-state index is 12.8. The second kappa shape index (κ2) is 10.7. The Morgan fingerprint density at radius 1 is 1.07 bits per heavy atom. The number of hydrogen-bond acceptors (Lipinski definition) is 4. The molecular formula is C23H37N5O2. The van der Waals surface area contributed by atoms with Crippen LogP contribution in [-0.2, 0) is 11.3 Å². The fourth-order valence-corrected chi connectivity index (χ4v) is 4.47. The Morgan fingerprint density at radius 3 is 2.30 bits per heavy atom. The molecule has 7 heteroatoms. The lowest BCUT2D eigenvalue weighted by atomic mass is 9.92. The first-order valence-corrected chi connectivity index (χ1v) is 11.3. The number of hydrogen-bond donors (Lipinski definition) is 2. The van der Waals surface area contributed by atoms with Gasteiger partial charge in [-0.05, 0) is 42.9 Å². The van der Waals surface area contributed by atoms with Crippen LogP contribution in [0.1, 0.15) is 32.8 Å². The van der Waals surface area contributed by atoms with Crippen LogP contribution in [0.25, 0.3) is 0 Å². The number of benzene rings is 1. The molecule has 7 nitrogen and oxygen atoms in total. The van der Waals surface area contributed by atoms with Crippen LogP contribution < -0.4 is 5.32 Å². The van der Waals surface area contributed by atoms with Crippen LogP contribution in [0.15, 0.2) is 29.3 Å². The number of aliphatic imine (C=N–C) groups is 1. The Balaban J connectivity index is 1.50. The number of aromatic hydroxyl groups is 1. The molecule has 2 aliphatic heterocycles. The Hall–Kier alpha value is -2.28. The minimum Gasteiger partial charge on any atom is -0.508 e. The zero-order chi connectivity index (χ0) is 21.5. The summed E-state index contributed by atoms with van der Waals surface area (Å²) in [6, 6.07) is 7.18. The van der Waals surface area contributed by atoms with Crippen molar-refractivity contribution in [1.82, 2.24) is 20.0 Å². The van der Waals surface area contributed by atoms with Gasteiger partial charge in [-0.25, -0.2) is 4.99 Å². The Morgan fingerprint density at radius 2 is 1.70 bits per heavy atom. The number of nitrogens with one attached hydrogen (secondary N) is 1. The molecule has 1 aromatic carbocycles. The van der Waals surface area contributed by atoms with Crippen LogP contribution in [0.2, 0.25) is 0 Å². The average Bonchev–Trinajstić information content (AvgIpc) is 2.72. The Labute approximate surface area is 180 Å². The first kappa shape index (κ1) is 22.4. The van der Waals surface area contributed by atoms with E-state index < -0.39 is 0 Å². The molecule has 2 saturated heterocycles. The van der Waals surface area contributed by atoms with E-state index >= 15 is 0 Å². The van der Waals surface area contributed by atoms with Gasteiger partial charge in [-0.3, -0.25) is 9.69 Å². The van der Waals surface area contributed by atoms with Gasteiger partial charge in [-0.1, -0.05) is 26.0 Å². The lowest BCUT2D eigenvalue weighted by Crippen LogP contribution is -2.55. The fraction of sp³-hybridized carbons (Fsp3) is 0.652. The molecule has 3 rings (SSSR count). The summed E-state index contributed by atoms with van der Waals surface area (Å²) in [5, 5.41) is 12.8. The minimum atomic E-state index is 0.272. The van der Waals surface area contributed by atoms with Crippen LogP contribution in [0.5, 0.6) is 5.75 Å². The number of piperidine rings is 1. The molecule has 0 aliphatic carbocycles. The SMILES string of the molecule is CCNC(=NCc1ccc(O)cc1)N1CCN(CC(=O)N2CC(C)CC(C)C2)CC1. The molecule has 0 saturated carbocycles. The number of piperazine rings is 1. The van der Waals surface area contributed by atoms with Crippen molar-refractivity contribution in [3.05, 3.63) is 29.8 Å². The third kappa shape index (κ3) is 6.36. The van der Waals surface area contributed by atoms with E-state index in [9.17, 15) is 9.90 Å². The Kier molecular flexibility index (Phi) is 7.96. The maximum Gasteiger partial charge on any atom is 0.236 e. The van der Waals surface area contributed by atoms with Crippen molar-refractivity contribution in [3.8, 4) is 5.75 Å². The second-order valence-corrected chi connectivity index (χ2v) is 8.84. The highest BCUT2D eigenvalue weighted by Gasteiger charge is 2.28. The molecule has 0 bridgehead atoms. The lowest BCUT2D eigenvalue weighted by Gasteiger charge is -2.39. The molecule has 2 heterocycles. The van der Waals surface area contributed by atoms with E-state index in [-0.39, 0.29) is 11.7 Å². The van der Waals surface area contributed by atoms with E-state index in [2.05, 4.69) is 40.8 Å². The second-order valence-electron chi connectivity index (χ2n) is 8.84. The van der Waals surface area contributed by atoms with Crippen molar-refractivity contribution in [1.29, 1.82) is 0 Å². The summed E-state index contributed by atoms with van der Waals surface area (Å²) in [5.74, 6) is 2.66. The number of carbonyl (C=O) groups is 1. The smallest absolute Gasteiger partial charge is 0.236 e. The molecule has 0 radical (unpaired) electrons. The van der Waals surface area contributed by atoms with Gasteiger partial charge in [0.1, 0.15) is 5.75 Å². The Bertz CT molecular complexity index is 703. The molecule has 2 atom stereocenters. The highest BCUT2D eigenvalue weighted by atomic mass is 16.3. The van der Waals surface area contributed by atoms with Crippen molar-refractivity contribution in [2.24, 2.45) is 16.8 Å². The van der Waals surface area contributed by atoms with Gasteiger partial charge in [0.15, 0.2) is 5.96 Å². The van der Waals surface area contributed by atoms with E-state index in [4.69, 9.17) is 4.99 Å². The van der Waals surface area contributed by atoms with Crippen molar-refractivity contribution >= 4 is 11.9 Å². The summed E-state index contributed by atoms with van der Waals surface area (Å²) in [6.07, 6.45) is 1.22. The lowest BCUT2D eigenvalue weighted by molar-refractivity contribution is -0.135. The number of phenols is 1. The van der Waals surface area contributed by atoms with Crippen LogP contribution in [0, 0.1) is 11.8 Å². The third-order valence-electron chi connectivity index (χ3n) is 5.93. The third-order valence-corrected chi connectivity index (χ3v) is 5.93. The molecule has 166 valence electrons. The zero-order valence-corrected chi connectivity index (χ0v) is 18.7. The summed E-state index contributed by atoms with van der Waals surface area (Å²) in [7, 11) is 0. The van der Waals surface area contributed by atoms with Gasteiger partial charge in [0.25, 0.3) is 0 Å². The first-order chi connectivity index (χ1) is 14.4. The van der Waals surface area contributed by atoms with Crippen molar-refractivity contribution in [3.63, 3.8) is 0 Å². The monoisotopic (exact) mass is 415 g/mol. The summed E-state index contributed by atoms with van der Waals surface area (Å²) in [5.41, 5.74) is 1.07. The normalized spacial score (nSPS) is 23.5. The van der Waals surface area contributed by atoms with Gasteiger partial charge in [0, 0.05) is 45.8 Å². The minimum absolute atomic E-state index is 0.272. The van der Waals surface area contributed by atoms with Gasteiger partial charge < -0.3 is 20.2 Å². The predicted molar refractivity (Wildman–Crippen MR) is 120 cm³/mol. The van der Waals surface area contributed by atoms with Crippen molar-refractivity contribution in [2.75, 3.05) is 52.4 Å². The van der Waals surface area contributed by atoms with Gasteiger partial charge in [-0.15, -0.1) is 0 Å². The standard InChI is InChI=1S/C23H37N5O2/c1-4-24-23(25-14-20-5-7-21(29)8-6-20)27-11-9-26(10-12-27)17-22(30)28-15-18(2)13-19(3)16-28/h5-8,18-19,29H,4,9-17H2,1-3H3,(H,24,25). The predicted octanol–water partition coefficient (Wildman–Crippen LogP) is 1.98. The van der Waals surface area contributed by atoms with Crippen LogP contribution in [-0.4, -0.2) is 84.0 Å². The molecule has 0 spiro atoms. The average molecular weight is 416 g/mol. The number of amides is 1. The highest BCUT2D eigenvalue weighted by Crippen LogP contribution is 2.21.